The number of nitrogens with zero attached hydrogens (tertiary/aromatic N) is 2. The maximum atomic E-state index is 6.17. The number of hydrogen-bond acceptors (Lipinski definition) is 4. The second kappa shape index (κ2) is 2.96. The molecule has 0 bridgehead atoms. The molecule has 0 aliphatic heterocycles. The normalized spacial score (nSPS) is 20.4. The Morgan fingerprint density at radius 3 is 2.62 bits per heavy atom. The molecule has 0 amide bonds. The molecule has 4 nitrogen and oxygen atoms in total. The minimum absolute atomic E-state index is 0.324. The van der Waals surface area contributed by atoms with E-state index in [1.165, 1.54) is 0 Å². The molecular weight excluding hydrogens is 164 g/mol. The van der Waals surface area contributed by atoms with Crippen molar-refractivity contribution in [3.05, 3.63) is 18.1 Å². The van der Waals surface area contributed by atoms with Gasteiger partial charge < -0.3 is 11.5 Å². The quantitative estimate of drug-likeness (QED) is 0.666. The van der Waals surface area contributed by atoms with Crippen LogP contribution in [0.1, 0.15) is 31.5 Å². The van der Waals surface area contributed by atoms with Crippen molar-refractivity contribution in [1.29, 1.82) is 0 Å². The molecule has 1 aliphatic rings. The van der Waals surface area contributed by atoms with Crippen molar-refractivity contribution in [1.82, 2.24) is 9.97 Å². The largest absolute Gasteiger partial charge is 0.384 e. The van der Waals surface area contributed by atoms with Crippen molar-refractivity contribution in [3.63, 3.8) is 0 Å². The molecule has 0 saturated heterocycles. The molecule has 0 radical (unpaired) electrons. The lowest BCUT2D eigenvalue weighted by atomic mass is 9.98. The monoisotopic (exact) mass is 178 g/mol. The first-order valence-corrected chi connectivity index (χ1v) is 4.59. The molecule has 1 heterocycles. The van der Waals surface area contributed by atoms with E-state index in [1.807, 2.05) is 0 Å². The molecule has 13 heavy (non-hydrogen) atoms. The molecule has 0 spiro atoms. The zero-order chi connectivity index (χ0) is 9.31. The van der Waals surface area contributed by atoms with Gasteiger partial charge in [-0.3, -0.25) is 0 Å². The van der Waals surface area contributed by atoms with E-state index in [0.29, 0.717) is 11.6 Å². The van der Waals surface area contributed by atoms with Crippen molar-refractivity contribution in [3.8, 4) is 0 Å². The number of aromatic nitrogens is 2. The minimum atomic E-state index is -0.324. The van der Waals surface area contributed by atoms with Gasteiger partial charge in [-0.05, 0) is 18.9 Å². The van der Waals surface area contributed by atoms with Gasteiger partial charge in [-0.2, -0.15) is 0 Å². The van der Waals surface area contributed by atoms with Gasteiger partial charge in [0.15, 0.2) is 0 Å². The van der Waals surface area contributed by atoms with E-state index in [9.17, 15) is 0 Å². The van der Waals surface area contributed by atoms with Crippen LogP contribution in [-0.2, 0) is 5.54 Å². The van der Waals surface area contributed by atoms with Crippen molar-refractivity contribution in [2.75, 3.05) is 5.73 Å². The predicted molar refractivity (Wildman–Crippen MR) is 50.8 cm³/mol. The number of anilines is 1. The van der Waals surface area contributed by atoms with Crippen LogP contribution in [-0.4, -0.2) is 9.97 Å². The van der Waals surface area contributed by atoms with Crippen LogP contribution in [0.2, 0.25) is 0 Å². The van der Waals surface area contributed by atoms with Gasteiger partial charge in [-0.25, -0.2) is 9.97 Å². The first kappa shape index (κ1) is 8.44. The second-order valence-electron chi connectivity index (χ2n) is 3.67. The van der Waals surface area contributed by atoms with Crippen molar-refractivity contribution < 1.29 is 0 Å². The number of hydrogen-bond donors (Lipinski definition) is 2. The Morgan fingerprint density at radius 1 is 1.31 bits per heavy atom. The van der Waals surface area contributed by atoms with E-state index in [-0.39, 0.29) is 5.54 Å². The Kier molecular flexibility index (Phi) is 1.92. The molecule has 1 fully saturated rings. The molecule has 1 aromatic rings. The minimum Gasteiger partial charge on any atom is -0.384 e. The fourth-order valence-electron chi connectivity index (χ4n) is 1.84. The fourth-order valence-corrected chi connectivity index (χ4v) is 1.84. The van der Waals surface area contributed by atoms with Crippen LogP contribution >= 0.6 is 0 Å². The maximum absolute atomic E-state index is 6.17. The van der Waals surface area contributed by atoms with Crippen LogP contribution in [0.3, 0.4) is 0 Å². The third-order valence-electron chi connectivity index (χ3n) is 2.62. The number of nitrogens with two attached hydrogens (primary N) is 2. The number of rotatable bonds is 1. The Bertz CT molecular complexity index is 304. The lowest BCUT2D eigenvalue weighted by molar-refractivity contribution is 0.432. The van der Waals surface area contributed by atoms with E-state index in [0.717, 1.165) is 25.7 Å². The van der Waals surface area contributed by atoms with Gasteiger partial charge in [0, 0.05) is 6.20 Å². The summed E-state index contributed by atoms with van der Waals surface area (Å²) >= 11 is 0. The maximum Gasteiger partial charge on any atom is 0.150 e. The summed E-state index contributed by atoms with van der Waals surface area (Å²) in [6.45, 7) is 0. The molecule has 0 unspecified atom stereocenters. The highest BCUT2D eigenvalue weighted by atomic mass is 15.0. The summed E-state index contributed by atoms with van der Waals surface area (Å²) in [6.07, 6.45) is 5.93. The highest BCUT2D eigenvalue weighted by Crippen LogP contribution is 2.34. The number of nitrogen functional groups attached to an aromatic ring is 1. The van der Waals surface area contributed by atoms with Crippen LogP contribution in [0.4, 0.5) is 5.82 Å². The van der Waals surface area contributed by atoms with Crippen molar-refractivity contribution in [2.24, 2.45) is 5.73 Å². The summed E-state index contributed by atoms with van der Waals surface area (Å²) in [5.74, 6) is 1.20. The van der Waals surface area contributed by atoms with Gasteiger partial charge >= 0.3 is 0 Å². The Hall–Kier alpha value is -1.16. The van der Waals surface area contributed by atoms with Crippen molar-refractivity contribution >= 4 is 5.82 Å². The predicted octanol–water partition coefficient (Wildman–Crippen LogP) is 0.787. The van der Waals surface area contributed by atoms with Crippen LogP contribution < -0.4 is 11.5 Å². The van der Waals surface area contributed by atoms with E-state index in [2.05, 4.69) is 9.97 Å². The van der Waals surface area contributed by atoms with Gasteiger partial charge in [0.1, 0.15) is 11.6 Å². The van der Waals surface area contributed by atoms with E-state index in [4.69, 9.17) is 11.5 Å². The molecule has 1 aliphatic carbocycles. The molecule has 2 rings (SSSR count). The summed E-state index contributed by atoms with van der Waals surface area (Å²) < 4.78 is 0. The first-order valence-electron chi connectivity index (χ1n) is 4.59. The molecule has 4 N–H and O–H groups in total. The molecule has 4 heteroatoms. The first-order chi connectivity index (χ1) is 6.21. The topological polar surface area (TPSA) is 77.8 Å². The molecular formula is C9H14N4. The molecule has 0 aromatic carbocycles. The smallest absolute Gasteiger partial charge is 0.150 e. The highest BCUT2D eigenvalue weighted by Gasteiger charge is 2.33. The van der Waals surface area contributed by atoms with Crippen molar-refractivity contribution in [2.45, 2.75) is 31.2 Å². The van der Waals surface area contributed by atoms with Gasteiger partial charge in [0.2, 0.25) is 0 Å². The summed E-state index contributed by atoms with van der Waals surface area (Å²) in [7, 11) is 0. The molecule has 70 valence electrons. The highest BCUT2D eigenvalue weighted by molar-refractivity contribution is 5.27. The Labute approximate surface area is 77.4 Å². The van der Waals surface area contributed by atoms with Crippen LogP contribution in [0.5, 0.6) is 0 Å². The SMILES string of the molecule is Nc1ccnc(C2(N)CCCC2)n1. The lowest BCUT2D eigenvalue weighted by Crippen LogP contribution is -2.35. The average molecular weight is 178 g/mol. The molecule has 1 aromatic heterocycles. The van der Waals surface area contributed by atoms with Gasteiger partial charge in [0.25, 0.3) is 0 Å². The van der Waals surface area contributed by atoms with Gasteiger partial charge in [-0.1, -0.05) is 12.8 Å². The van der Waals surface area contributed by atoms with Gasteiger partial charge in [0.05, 0.1) is 5.54 Å². The van der Waals surface area contributed by atoms with Gasteiger partial charge in [-0.15, -0.1) is 0 Å². The van der Waals surface area contributed by atoms with E-state index < -0.39 is 0 Å². The third-order valence-corrected chi connectivity index (χ3v) is 2.62. The summed E-state index contributed by atoms with van der Waals surface area (Å²) in [4.78, 5) is 8.35. The summed E-state index contributed by atoms with van der Waals surface area (Å²) in [6, 6.07) is 1.68. The summed E-state index contributed by atoms with van der Waals surface area (Å²) in [5, 5.41) is 0. The molecule has 0 atom stereocenters. The fraction of sp³-hybridized carbons (Fsp3) is 0.556. The lowest BCUT2D eigenvalue weighted by Gasteiger charge is -2.21. The Balaban J connectivity index is 2.33. The van der Waals surface area contributed by atoms with Crippen LogP contribution in [0.25, 0.3) is 0 Å². The second-order valence-corrected chi connectivity index (χ2v) is 3.67. The van der Waals surface area contributed by atoms with Crippen LogP contribution in [0, 0.1) is 0 Å². The van der Waals surface area contributed by atoms with Crippen LogP contribution in [0.15, 0.2) is 12.3 Å². The van der Waals surface area contributed by atoms with E-state index in [1.54, 1.807) is 12.3 Å². The summed E-state index contributed by atoms with van der Waals surface area (Å²) in [5.41, 5.74) is 11.4. The zero-order valence-electron chi connectivity index (χ0n) is 7.53. The molecule has 1 saturated carbocycles. The standard InChI is InChI=1S/C9H14N4/c10-7-3-6-12-8(13-7)9(11)4-1-2-5-9/h3,6H,1-2,4-5,11H2,(H2,10,12,13). The Morgan fingerprint density at radius 2 is 2.00 bits per heavy atom. The zero-order valence-corrected chi connectivity index (χ0v) is 7.53. The average Bonchev–Trinajstić information content (AvgIpc) is 2.54. The van der Waals surface area contributed by atoms with E-state index >= 15 is 0 Å². The third kappa shape index (κ3) is 1.49.